The van der Waals surface area contributed by atoms with Crippen LogP contribution in [0.1, 0.15) is 31.9 Å². The number of anilines is 3. The SMILES string of the molecule is COc1ccc(OCC(=O)Nc2ccccc2Nc2ccc(C)cc2)c(C(C)(C)C)c1. The predicted molar refractivity (Wildman–Crippen MR) is 127 cm³/mol. The molecule has 5 heteroatoms. The van der Waals surface area contributed by atoms with E-state index in [4.69, 9.17) is 9.47 Å². The highest BCUT2D eigenvalue weighted by atomic mass is 16.5. The Hall–Kier alpha value is -3.47. The molecule has 0 saturated carbocycles. The van der Waals surface area contributed by atoms with E-state index in [1.165, 1.54) is 5.56 Å². The van der Waals surface area contributed by atoms with E-state index in [2.05, 4.69) is 31.4 Å². The summed E-state index contributed by atoms with van der Waals surface area (Å²) in [6.07, 6.45) is 0. The summed E-state index contributed by atoms with van der Waals surface area (Å²) in [5.41, 5.74) is 4.50. The molecule has 0 radical (unpaired) electrons. The van der Waals surface area contributed by atoms with Crippen molar-refractivity contribution in [2.24, 2.45) is 0 Å². The lowest BCUT2D eigenvalue weighted by Gasteiger charge is -2.23. The zero-order valence-electron chi connectivity index (χ0n) is 18.8. The molecule has 0 aliphatic carbocycles. The fourth-order valence-electron chi connectivity index (χ4n) is 3.17. The van der Waals surface area contributed by atoms with E-state index >= 15 is 0 Å². The van der Waals surface area contributed by atoms with Gasteiger partial charge in [0.25, 0.3) is 5.91 Å². The monoisotopic (exact) mass is 418 g/mol. The van der Waals surface area contributed by atoms with Crippen LogP contribution in [-0.4, -0.2) is 19.6 Å². The Labute approximate surface area is 184 Å². The summed E-state index contributed by atoms with van der Waals surface area (Å²) in [5, 5.41) is 6.29. The molecule has 0 aliphatic heterocycles. The van der Waals surface area contributed by atoms with Crippen LogP contribution in [0, 0.1) is 6.92 Å². The Morgan fingerprint density at radius 1 is 0.935 bits per heavy atom. The van der Waals surface area contributed by atoms with Crippen molar-refractivity contribution < 1.29 is 14.3 Å². The minimum atomic E-state index is -0.228. The summed E-state index contributed by atoms with van der Waals surface area (Å²) >= 11 is 0. The van der Waals surface area contributed by atoms with Gasteiger partial charge in [0.15, 0.2) is 6.61 Å². The number of amides is 1. The van der Waals surface area contributed by atoms with Crippen molar-refractivity contribution in [2.45, 2.75) is 33.1 Å². The first kappa shape index (κ1) is 22.2. The van der Waals surface area contributed by atoms with Crippen LogP contribution in [0.3, 0.4) is 0 Å². The topological polar surface area (TPSA) is 59.6 Å². The molecular weight excluding hydrogens is 388 g/mol. The van der Waals surface area contributed by atoms with E-state index in [1.807, 2.05) is 73.7 Å². The number of benzene rings is 3. The maximum Gasteiger partial charge on any atom is 0.262 e. The Morgan fingerprint density at radius 3 is 2.26 bits per heavy atom. The maximum atomic E-state index is 12.6. The number of para-hydroxylation sites is 2. The van der Waals surface area contributed by atoms with E-state index in [1.54, 1.807) is 7.11 Å². The third kappa shape index (κ3) is 6.01. The zero-order chi connectivity index (χ0) is 22.4. The first-order valence-corrected chi connectivity index (χ1v) is 10.3. The Balaban J connectivity index is 1.69. The molecule has 3 aromatic carbocycles. The number of nitrogens with one attached hydrogen (secondary N) is 2. The first-order chi connectivity index (χ1) is 14.8. The van der Waals surface area contributed by atoms with Gasteiger partial charge in [0.1, 0.15) is 11.5 Å². The molecule has 0 bridgehead atoms. The summed E-state index contributed by atoms with van der Waals surface area (Å²) < 4.78 is 11.2. The number of rotatable bonds is 7. The second-order valence-electron chi connectivity index (χ2n) is 8.49. The average molecular weight is 419 g/mol. The van der Waals surface area contributed by atoms with Crippen molar-refractivity contribution in [1.82, 2.24) is 0 Å². The highest BCUT2D eigenvalue weighted by Crippen LogP contribution is 2.34. The quantitative estimate of drug-likeness (QED) is 0.489. The van der Waals surface area contributed by atoms with Gasteiger partial charge in [0.2, 0.25) is 0 Å². The van der Waals surface area contributed by atoms with E-state index in [-0.39, 0.29) is 17.9 Å². The normalized spacial score (nSPS) is 11.0. The molecule has 0 aliphatic rings. The van der Waals surface area contributed by atoms with Crippen molar-refractivity contribution in [2.75, 3.05) is 24.4 Å². The number of methoxy groups -OCH3 is 1. The predicted octanol–water partition coefficient (Wildman–Crippen LogP) is 6.06. The standard InChI is InChI=1S/C26H30N2O3/c1-18-10-12-19(13-11-18)27-22-8-6-7-9-23(22)28-25(29)17-31-24-15-14-20(30-5)16-21(24)26(2,3)4/h6-16,27H,17H2,1-5H3,(H,28,29). The van der Waals surface area contributed by atoms with Gasteiger partial charge >= 0.3 is 0 Å². The summed E-state index contributed by atoms with van der Waals surface area (Å²) in [5.74, 6) is 1.21. The Bertz CT molecular complexity index is 1040. The highest BCUT2D eigenvalue weighted by Gasteiger charge is 2.20. The smallest absolute Gasteiger partial charge is 0.262 e. The molecule has 1 amide bonds. The van der Waals surface area contributed by atoms with Crippen LogP contribution < -0.4 is 20.1 Å². The van der Waals surface area contributed by atoms with Gasteiger partial charge in [0, 0.05) is 11.3 Å². The minimum Gasteiger partial charge on any atom is -0.497 e. The van der Waals surface area contributed by atoms with Crippen LogP contribution in [0.4, 0.5) is 17.1 Å². The second kappa shape index (κ2) is 9.56. The number of aryl methyl sites for hydroxylation is 1. The molecule has 5 nitrogen and oxygen atoms in total. The lowest BCUT2D eigenvalue weighted by molar-refractivity contribution is -0.118. The fourth-order valence-corrected chi connectivity index (χ4v) is 3.17. The van der Waals surface area contributed by atoms with Gasteiger partial charge in [-0.25, -0.2) is 0 Å². The van der Waals surface area contributed by atoms with Crippen molar-refractivity contribution in [1.29, 1.82) is 0 Å². The Morgan fingerprint density at radius 2 is 1.61 bits per heavy atom. The summed E-state index contributed by atoms with van der Waals surface area (Å²) in [6, 6.07) is 21.3. The van der Waals surface area contributed by atoms with E-state index in [0.29, 0.717) is 11.4 Å². The molecule has 3 aromatic rings. The van der Waals surface area contributed by atoms with Crippen LogP contribution in [-0.2, 0) is 10.2 Å². The van der Waals surface area contributed by atoms with Crippen LogP contribution in [0.15, 0.2) is 66.7 Å². The number of hydrogen-bond donors (Lipinski definition) is 2. The van der Waals surface area contributed by atoms with Crippen molar-refractivity contribution in [3.63, 3.8) is 0 Å². The molecule has 0 fully saturated rings. The molecule has 0 unspecified atom stereocenters. The third-order valence-electron chi connectivity index (χ3n) is 4.89. The lowest BCUT2D eigenvalue weighted by Crippen LogP contribution is -2.22. The molecule has 2 N–H and O–H groups in total. The molecular formula is C26H30N2O3. The van der Waals surface area contributed by atoms with Gasteiger partial charge in [-0.1, -0.05) is 50.6 Å². The maximum absolute atomic E-state index is 12.6. The van der Waals surface area contributed by atoms with Crippen LogP contribution >= 0.6 is 0 Å². The lowest BCUT2D eigenvalue weighted by atomic mass is 9.86. The molecule has 3 rings (SSSR count). The molecule has 0 spiro atoms. The van der Waals surface area contributed by atoms with E-state index in [0.717, 1.165) is 22.7 Å². The summed E-state index contributed by atoms with van der Waals surface area (Å²) in [4.78, 5) is 12.6. The highest BCUT2D eigenvalue weighted by molar-refractivity contribution is 5.95. The van der Waals surface area contributed by atoms with Crippen molar-refractivity contribution in [3.05, 3.63) is 77.9 Å². The molecule has 0 atom stereocenters. The van der Waals surface area contributed by atoms with Crippen molar-refractivity contribution in [3.8, 4) is 11.5 Å². The van der Waals surface area contributed by atoms with E-state index in [9.17, 15) is 4.79 Å². The third-order valence-corrected chi connectivity index (χ3v) is 4.89. The molecule has 31 heavy (non-hydrogen) atoms. The van der Waals surface area contributed by atoms with Crippen molar-refractivity contribution >= 4 is 23.0 Å². The van der Waals surface area contributed by atoms with E-state index < -0.39 is 0 Å². The fraction of sp³-hybridized carbons (Fsp3) is 0.269. The van der Waals surface area contributed by atoms with Gasteiger partial charge in [-0.15, -0.1) is 0 Å². The van der Waals surface area contributed by atoms with Crippen LogP contribution in [0.2, 0.25) is 0 Å². The second-order valence-corrected chi connectivity index (χ2v) is 8.49. The van der Waals surface area contributed by atoms with Gasteiger partial charge in [0.05, 0.1) is 18.5 Å². The number of hydrogen-bond acceptors (Lipinski definition) is 4. The largest absolute Gasteiger partial charge is 0.497 e. The van der Waals surface area contributed by atoms with Crippen LogP contribution in [0.25, 0.3) is 0 Å². The summed E-state index contributed by atoms with van der Waals surface area (Å²) in [6.45, 7) is 8.26. The van der Waals surface area contributed by atoms with Gasteiger partial charge < -0.3 is 20.1 Å². The average Bonchev–Trinajstić information content (AvgIpc) is 2.74. The van der Waals surface area contributed by atoms with Crippen LogP contribution in [0.5, 0.6) is 11.5 Å². The number of ether oxygens (including phenoxy) is 2. The van der Waals surface area contributed by atoms with Gasteiger partial charge in [-0.3, -0.25) is 4.79 Å². The molecule has 0 heterocycles. The Kier molecular flexibility index (Phi) is 6.85. The van der Waals surface area contributed by atoms with Gasteiger partial charge in [-0.2, -0.15) is 0 Å². The molecule has 162 valence electrons. The molecule has 0 saturated heterocycles. The number of carbonyl (C=O) groups is 1. The zero-order valence-corrected chi connectivity index (χ0v) is 18.8. The first-order valence-electron chi connectivity index (χ1n) is 10.3. The number of carbonyl (C=O) groups excluding carboxylic acids is 1. The van der Waals surface area contributed by atoms with Gasteiger partial charge in [-0.05, 0) is 54.8 Å². The minimum absolute atomic E-state index is 0.0890. The molecule has 0 aromatic heterocycles. The summed E-state index contributed by atoms with van der Waals surface area (Å²) in [7, 11) is 1.64.